The summed E-state index contributed by atoms with van der Waals surface area (Å²) in [6, 6.07) is 8.57. The average molecular weight is 487 g/mol. The van der Waals surface area contributed by atoms with Gasteiger partial charge in [0.25, 0.3) is 5.91 Å². The van der Waals surface area contributed by atoms with E-state index in [1.165, 1.54) is 56.1 Å². The van der Waals surface area contributed by atoms with Gasteiger partial charge in [-0.05, 0) is 55.9 Å². The van der Waals surface area contributed by atoms with Crippen molar-refractivity contribution in [2.75, 3.05) is 12.3 Å². The second-order valence-electron chi connectivity index (χ2n) is 9.65. The number of fused-ring (bicyclic) bond motifs is 1. The lowest BCUT2D eigenvalue weighted by Crippen LogP contribution is -2.51. The van der Waals surface area contributed by atoms with Crippen molar-refractivity contribution >= 4 is 35.3 Å². The van der Waals surface area contributed by atoms with E-state index in [0.29, 0.717) is 23.2 Å². The minimum absolute atomic E-state index is 0.0226. The molecule has 6 heteroatoms. The van der Waals surface area contributed by atoms with Crippen molar-refractivity contribution in [2.45, 2.75) is 94.2 Å². The number of thioether (sulfide) groups is 2. The smallest absolute Gasteiger partial charge is 0.261 e. The number of hydrogen-bond acceptors (Lipinski definition) is 4. The summed E-state index contributed by atoms with van der Waals surface area (Å²) in [6.07, 6.45) is 14.0. The third-order valence-electron chi connectivity index (χ3n) is 7.21. The highest BCUT2D eigenvalue weighted by molar-refractivity contribution is 8.04. The highest BCUT2D eigenvalue weighted by atomic mass is 32.2. The van der Waals surface area contributed by atoms with E-state index in [2.05, 4.69) is 36.1 Å². The van der Waals surface area contributed by atoms with Crippen molar-refractivity contribution in [3.8, 4) is 0 Å². The minimum atomic E-state index is -0.126. The molecule has 2 amide bonds. The zero-order chi connectivity index (χ0) is 23.0. The Morgan fingerprint density at radius 2 is 1.88 bits per heavy atom. The maximum absolute atomic E-state index is 13.4. The molecule has 1 N–H and O–H groups in total. The maximum atomic E-state index is 13.4. The average Bonchev–Trinajstić information content (AvgIpc) is 2.83. The van der Waals surface area contributed by atoms with Crippen molar-refractivity contribution < 1.29 is 9.59 Å². The fourth-order valence-electron chi connectivity index (χ4n) is 5.27. The van der Waals surface area contributed by atoms with Crippen LogP contribution in [0.3, 0.4) is 0 Å². The van der Waals surface area contributed by atoms with E-state index in [1.54, 1.807) is 17.8 Å². The second kappa shape index (κ2) is 12.3. The van der Waals surface area contributed by atoms with Crippen LogP contribution in [0.2, 0.25) is 0 Å². The predicted octanol–water partition coefficient (Wildman–Crippen LogP) is 5.84. The lowest BCUT2D eigenvalue weighted by molar-refractivity contribution is -0.130. The standard InChI is InChI=1S/C27H38N2O2S2/c1-20-10-5-6-11-21(20)19-29-23-14-7-8-15-24(23)33-25(27(29)31)18-26(30)28-16-9-17-32-22-12-3-2-4-13-22/h5-6,10-11,18,22-24H,2-4,7-9,12-17,19H2,1H3,(H,28,30)/b25-18-. The van der Waals surface area contributed by atoms with Gasteiger partial charge >= 0.3 is 0 Å². The Balaban J connectivity index is 1.33. The molecule has 2 aliphatic carbocycles. The summed E-state index contributed by atoms with van der Waals surface area (Å²) < 4.78 is 0. The van der Waals surface area contributed by atoms with E-state index in [0.717, 1.165) is 30.3 Å². The van der Waals surface area contributed by atoms with Gasteiger partial charge in [0.15, 0.2) is 0 Å². The van der Waals surface area contributed by atoms with E-state index in [-0.39, 0.29) is 17.9 Å². The molecule has 4 rings (SSSR count). The topological polar surface area (TPSA) is 49.4 Å². The molecule has 1 heterocycles. The molecule has 4 nitrogen and oxygen atoms in total. The van der Waals surface area contributed by atoms with Crippen molar-refractivity contribution in [2.24, 2.45) is 0 Å². The SMILES string of the molecule is Cc1ccccc1CN1C(=O)/C(=C/C(=O)NCCCSC2CCCCC2)SC2CCCCC21. The third-order valence-corrected chi connectivity index (χ3v) is 10.1. The molecule has 0 aromatic heterocycles. The summed E-state index contributed by atoms with van der Waals surface area (Å²) in [5.41, 5.74) is 2.41. The van der Waals surface area contributed by atoms with Gasteiger partial charge < -0.3 is 10.2 Å². The number of rotatable bonds is 8. The van der Waals surface area contributed by atoms with E-state index >= 15 is 0 Å². The first-order valence-corrected chi connectivity index (χ1v) is 14.7. The molecule has 1 aromatic rings. The van der Waals surface area contributed by atoms with Crippen LogP contribution in [0.15, 0.2) is 35.2 Å². The van der Waals surface area contributed by atoms with Crippen molar-refractivity contribution in [3.05, 3.63) is 46.4 Å². The van der Waals surface area contributed by atoms with Gasteiger partial charge in [-0.3, -0.25) is 9.59 Å². The lowest BCUT2D eigenvalue weighted by atomic mass is 9.92. The van der Waals surface area contributed by atoms with Crippen LogP contribution in [-0.4, -0.2) is 45.6 Å². The number of amides is 2. The number of carbonyl (C=O) groups is 2. The molecule has 2 saturated carbocycles. The summed E-state index contributed by atoms with van der Waals surface area (Å²) in [7, 11) is 0. The quantitative estimate of drug-likeness (QED) is 0.371. The largest absolute Gasteiger partial charge is 0.352 e. The summed E-state index contributed by atoms with van der Waals surface area (Å²) in [6.45, 7) is 3.42. The monoisotopic (exact) mass is 486 g/mol. The van der Waals surface area contributed by atoms with E-state index < -0.39 is 0 Å². The van der Waals surface area contributed by atoms with Crippen LogP contribution in [0.5, 0.6) is 0 Å². The predicted molar refractivity (Wildman–Crippen MR) is 140 cm³/mol. The summed E-state index contributed by atoms with van der Waals surface area (Å²) in [4.78, 5) is 28.7. The number of benzene rings is 1. The number of aryl methyl sites for hydroxylation is 1. The molecule has 2 atom stereocenters. The molecule has 1 aliphatic heterocycles. The van der Waals surface area contributed by atoms with Crippen LogP contribution >= 0.6 is 23.5 Å². The summed E-state index contributed by atoms with van der Waals surface area (Å²) >= 11 is 3.71. The van der Waals surface area contributed by atoms with Crippen LogP contribution < -0.4 is 5.32 Å². The highest BCUT2D eigenvalue weighted by Crippen LogP contribution is 2.42. The molecule has 0 radical (unpaired) electrons. The molecule has 3 fully saturated rings. The second-order valence-corrected chi connectivity index (χ2v) is 12.3. The molecule has 3 aliphatic rings. The van der Waals surface area contributed by atoms with Gasteiger partial charge in [0, 0.05) is 35.7 Å². The Morgan fingerprint density at radius 3 is 2.70 bits per heavy atom. The van der Waals surface area contributed by atoms with Crippen LogP contribution in [0.1, 0.15) is 75.3 Å². The molecular formula is C27H38N2O2S2. The van der Waals surface area contributed by atoms with Gasteiger partial charge in [-0.2, -0.15) is 11.8 Å². The van der Waals surface area contributed by atoms with Gasteiger partial charge in [-0.25, -0.2) is 0 Å². The highest BCUT2D eigenvalue weighted by Gasteiger charge is 2.40. The number of hydrogen-bond donors (Lipinski definition) is 1. The molecular weight excluding hydrogens is 448 g/mol. The third kappa shape index (κ3) is 6.82. The van der Waals surface area contributed by atoms with Gasteiger partial charge in [-0.1, -0.05) is 56.4 Å². The van der Waals surface area contributed by atoms with E-state index in [1.807, 2.05) is 17.0 Å². The molecule has 1 aromatic carbocycles. The van der Waals surface area contributed by atoms with Crippen LogP contribution in [0.25, 0.3) is 0 Å². The number of nitrogens with zero attached hydrogens (tertiary/aromatic N) is 1. The Bertz CT molecular complexity index is 850. The Hall–Kier alpha value is -1.40. The van der Waals surface area contributed by atoms with Crippen LogP contribution in [-0.2, 0) is 16.1 Å². The van der Waals surface area contributed by atoms with Crippen LogP contribution in [0.4, 0.5) is 0 Å². The van der Waals surface area contributed by atoms with Crippen molar-refractivity contribution in [1.29, 1.82) is 0 Å². The molecule has 33 heavy (non-hydrogen) atoms. The Labute approximate surface area is 207 Å². The zero-order valence-corrected chi connectivity index (χ0v) is 21.5. The van der Waals surface area contributed by atoms with Crippen LogP contribution in [0, 0.1) is 6.92 Å². The first-order valence-electron chi connectivity index (χ1n) is 12.7. The fraction of sp³-hybridized carbons (Fsp3) is 0.630. The summed E-state index contributed by atoms with van der Waals surface area (Å²) in [5, 5.41) is 4.23. The molecule has 2 unspecified atom stereocenters. The van der Waals surface area contributed by atoms with Gasteiger partial charge in [0.1, 0.15) is 0 Å². The first kappa shape index (κ1) is 24.7. The zero-order valence-electron chi connectivity index (χ0n) is 19.9. The normalized spacial score (nSPS) is 25.2. The first-order chi connectivity index (χ1) is 16.1. The number of carbonyl (C=O) groups excluding carboxylic acids is 2. The van der Waals surface area contributed by atoms with Crippen molar-refractivity contribution in [3.63, 3.8) is 0 Å². The lowest BCUT2D eigenvalue weighted by Gasteiger charge is -2.44. The van der Waals surface area contributed by atoms with Gasteiger partial charge in [0.05, 0.1) is 4.91 Å². The minimum Gasteiger partial charge on any atom is -0.352 e. The molecule has 0 bridgehead atoms. The molecule has 0 spiro atoms. The molecule has 180 valence electrons. The summed E-state index contributed by atoms with van der Waals surface area (Å²) in [5.74, 6) is 0.997. The van der Waals surface area contributed by atoms with Crippen molar-refractivity contribution in [1.82, 2.24) is 10.2 Å². The Morgan fingerprint density at radius 1 is 1.12 bits per heavy atom. The van der Waals surface area contributed by atoms with E-state index in [4.69, 9.17) is 0 Å². The van der Waals surface area contributed by atoms with E-state index in [9.17, 15) is 9.59 Å². The fourth-order valence-corrected chi connectivity index (χ4v) is 8.02. The Kier molecular flexibility index (Phi) is 9.25. The maximum Gasteiger partial charge on any atom is 0.261 e. The van der Waals surface area contributed by atoms with Gasteiger partial charge in [0.2, 0.25) is 5.91 Å². The van der Waals surface area contributed by atoms with Gasteiger partial charge in [-0.15, -0.1) is 11.8 Å². The number of nitrogens with one attached hydrogen (secondary N) is 1. The molecule has 1 saturated heterocycles.